The fourth-order valence-electron chi connectivity index (χ4n) is 1.95. The monoisotopic (exact) mass is 295 g/mol. The molecule has 3 rings (SSSR count). The number of carbonyl (C=O) groups is 1. The third kappa shape index (κ3) is 2.90. The summed E-state index contributed by atoms with van der Waals surface area (Å²) >= 11 is 1.49. The highest BCUT2D eigenvalue weighted by Crippen LogP contribution is 2.33. The van der Waals surface area contributed by atoms with Crippen molar-refractivity contribution in [1.29, 1.82) is 0 Å². The fraction of sp³-hybridized carbons (Fsp3) is 0.0588. The molecule has 2 aromatic carbocycles. The van der Waals surface area contributed by atoms with Crippen LogP contribution in [-0.2, 0) is 0 Å². The molecular weight excluding hydrogens is 282 g/mol. The van der Waals surface area contributed by atoms with E-state index in [1.165, 1.54) is 11.8 Å². The molecule has 0 fully saturated rings. The van der Waals surface area contributed by atoms with Crippen molar-refractivity contribution in [3.8, 4) is 0 Å². The number of carbonyl (C=O) groups excluding carboxylic acids is 1. The summed E-state index contributed by atoms with van der Waals surface area (Å²) in [6.45, 7) is 1.84. The van der Waals surface area contributed by atoms with Crippen LogP contribution in [0.4, 0.5) is 0 Å². The maximum atomic E-state index is 12.5. The van der Waals surface area contributed by atoms with Crippen LogP contribution in [0.25, 0.3) is 0 Å². The topological polar surface area (TPSA) is 43.1 Å². The quantitative estimate of drug-likeness (QED) is 0.670. The van der Waals surface area contributed by atoms with E-state index in [1.807, 2.05) is 55.5 Å². The zero-order valence-electron chi connectivity index (χ0n) is 11.4. The van der Waals surface area contributed by atoms with Gasteiger partial charge in [0.2, 0.25) is 11.5 Å². The van der Waals surface area contributed by atoms with Crippen molar-refractivity contribution in [2.75, 3.05) is 0 Å². The second-order valence-electron chi connectivity index (χ2n) is 4.54. The molecule has 0 aliphatic heterocycles. The highest BCUT2D eigenvalue weighted by atomic mass is 32.2. The minimum absolute atomic E-state index is 0.144. The van der Waals surface area contributed by atoms with Crippen LogP contribution < -0.4 is 0 Å². The van der Waals surface area contributed by atoms with Crippen LogP contribution in [0.1, 0.15) is 21.8 Å². The van der Waals surface area contributed by atoms with Gasteiger partial charge in [-0.1, -0.05) is 65.4 Å². The molecule has 0 amide bonds. The van der Waals surface area contributed by atoms with Crippen LogP contribution >= 0.6 is 11.8 Å². The number of aromatic nitrogens is 1. The Morgan fingerprint density at radius 2 is 1.62 bits per heavy atom. The second kappa shape index (κ2) is 5.97. The van der Waals surface area contributed by atoms with Crippen LogP contribution in [0.15, 0.2) is 75.0 Å². The molecule has 0 aliphatic carbocycles. The van der Waals surface area contributed by atoms with Crippen molar-refractivity contribution >= 4 is 17.5 Å². The first kappa shape index (κ1) is 13.6. The summed E-state index contributed by atoms with van der Waals surface area (Å²) in [7, 11) is 0. The number of hydrogen-bond donors (Lipinski definition) is 0. The first-order chi connectivity index (χ1) is 10.3. The van der Waals surface area contributed by atoms with Gasteiger partial charge in [-0.3, -0.25) is 4.79 Å². The van der Waals surface area contributed by atoms with E-state index in [2.05, 4.69) is 5.16 Å². The molecule has 0 saturated carbocycles. The maximum Gasteiger partial charge on any atom is 0.232 e. The van der Waals surface area contributed by atoms with Gasteiger partial charge in [0, 0.05) is 10.5 Å². The molecule has 104 valence electrons. The van der Waals surface area contributed by atoms with Crippen molar-refractivity contribution < 1.29 is 9.32 Å². The van der Waals surface area contributed by atoms with Gasteiger partial charge in [-0.15, -0.1) is 0 Å². The van der Waals surface area contributed by atoms with Gasteiger partial charge < -0.3 is 4.52 Å². The molecule has 0 aliphatic rings. The number of nitrogens with zero attached hydrogens (tertiary/aromatic N) is 1. The summed E-state index contributed by atoms with van der Waals surface area (Å²) in [5.41, 5.74) is 1.33. The molecule has 0 saturated heterocycles. The summed E-state index contributed by atoms with van der Waals surface area (Å²) in [5.74, 6) is 0.155. The molecule has 4 heteroatoms. The number of ketones is 1. The van der Waals surface area contributed by atoms with Gasteiger partial charge in [0.15, 0.2) is 0 Å². The van der Waals surface area contributed by atoms with Crippen molar-refractivity contribution in [3.05, 3.63) is 77.7 Å². The Labute approximate surface area is 127 Å². The van der Waals surface area contributed by atoms with Crippen LogP contribution in [0.3, 0.4) is 0 Å². The number of benzene rings is 2. The Morgan fingerprint density at radius 3 is 2.29 bits per heavy atom. The Balaban J connectivity index is 1.96. The summed E-state index contributed by atoms with van der Waals surface area (Å²) in [6.07, 6.45) is 0. The Morgan fingerprint density at radius 1 is 1.00 bits per heavy atom. The molecule has 0 radical (unpaired) electrons. The van der Waals surface area contributed by atoms with Crippen molar-refractivity contribution in [2.45, 2.75) is 16.7 Å². The van der Waals surface area contributed by atoms with Gasteiger partial charge in [0.1, 0.15) is 0 Å². The lowest BCUT2D eigenvalue weighted by atomic mass is 10.1. The highest BCUT2D eigenvalue weighted by Gasteiger charge is 2.22. The minimum Gasteiger partial charge on any atom is -0.351 e. The minimum atomic E-state index is -0.144. The molecule has 0 N–H and O–H groups in total. The standard InChI is InChI=1S/C17H13NO2S/c1-12-17(21-14-10-6-3-7-11-14)16(20-18-12)15(19)13-8-4-2-5-9-13/h2-11H,1H3. The molecule has 1 heterocycles. The van der Waals surface area contributed by atoms with E-state index >= 15 is 0 Å². The van der Waals surface area contributed by atoms with Crippen molar-refractivity contribution in [1.82, 2.24) is 5.16 Å². The lowest BCUT2D eigenvalue weighted by Gasteiger charge is -2.02. The summed E-state index contributed by atoms with van der Waals surface area (Å²) in [4.78, 5) is 14.3. The van der Waals surface area contributed by atoms with E-state index in [-0.39, 0.29) is 5.78 Å². The lowest BCUT2D eigenvalue weighted by Crippen LogP contribution is -2.00. The average molecular weight is 295 g/mol. The molecule has 0 bridgehead atoms. The molecule has 3 nitrogen and oxygen atoms in total. The van der Waals surface area contributed by atoms with Crippen LogP contribution in [0.2, 0.25) is 0 Å². The van der Waals surface area contributed by atoms with Gasteiger partial charge in [0.25, 0.3) is 0 Å². The highest BCUT2D eigenvalue weighted by molar-refractivity contribution is 7.99. The van der Waals surface area contributed by atoms with E-state index in [0.29, 0.717) is 11.3 Å². The number of rotatable bonds is 4. The Bertz CT molecular complexity index is 751. The number of aryl methyl sites for hydroxylation is 1. The van der Waals surface area contributed by atoms with E-state index in [9.17, 15) is 4.79 Å². The molecule has 21 heavy (non-hydrogen) atoms. The smallest absolute Gasteiger partial charge is 0.232 e. The van der Waals surface area contributed by atoms with Crippen molar-refractivity contribution in [2.24, 2.45) is 0 Å². The fourth-order valence-corrected chi connectivity index (χ4v) is 2.89. The molecule has 3 aromatic rings. The van der Waals surface area contributed by atoms with E-state index in [0.717, 1.165) is 15.5 Å². The Kier molecular flexibility index (Phi) is 3.88. The Hall–Kier alpha value is -2.33. The number of hydrogen-bond acceptors (Lipinski definition) is 4. The second-order valence-corrected chi connectivity index (χ2v) is 5.62. The van der Waals surface area contributed by atoms with E-state index in [1.54, 1.807) is 12.1 Å². The summed E-state index contributed by atoms with van der Waals surface area (Å²) in [5, 5.41) is 3.94. The predicted molar refractivity (Wildman–Crippen MR) is 81.7 cm³/mol. The normalized spacial score (nSPS) is 10.5. The van der Waals surface area contributed by atoms with Gasteiger partial charge in [-0.25, -0.2) is 0 Å². The van der Waals surface area contributed by atoms with Crippen molar-refractivity contribution in [3.63, 3.8) is 0 Å². The summed E-state index contributed by atoms with van der Waals surface area (Å²) < 4.78 is 5.26. The van der Waals surface area contributed by atoms with Gasteiger partial charge in [0.05, 0.1) is 10.6 Å². The molecular formula is C17H13NO2S. The lowest BCUT2D eigenvalue weighted by molar-refractivity contribution is 0.0996. The third-order valence-corrected chi connectivity index (χ3v) is 4.21. The first-order valence-corrected chi connectivity index (χ1v) is 7.36. The first-order valence-electron chi connectivity index (χ1n) is 6.54. The van der Waals surface area contributed by atoms with Gasteiger partial charge >= 0.3 is 0 Å². The third-order valence-electron chi connectivity index (χ3n) is 3.01. The molecule has 1 aromatic heterocycles. The zero-order valence-corrected chi connectivity index (χ0v) is 12.3. The molecule has 0 spiro atoms. The zero-order chi connectivity index (χ0) is 14.7. The molecule has 0 atom stereocenters. The predicted octanol–water partition coefficient (Wildman–Crippen LogP) is 4.37. The molecule has 0 unspecified atom stereocenters. The van der Waals surface area contributed by atoms with Crippen LogP contribution in [-0.4, -0.2) is 10.9 Å². The van der Waals surface area contributed by atoms with Gasteiger partial charge in [-0.05, 0) is 19.1 Å². The summed E-state index contributed by atoms with van der Waals surface area (Å²) in [6, 6.07) is 19.0. The van der Waals surface area contributed by atoms with E-state index in [4.69, 9.17) is 4.52 Å². The average Bonchev–Trinajstić information content (AvgIpc) is 2.90. The van der Waals surface area contributed by atoms with E-state index < -0.39 is 0 Å². The SMILES string of the molecule is Cc1noc(C(=O)c2ccccc2)c1Sc1ccccc1. The van der Waals surface area contributed by atoms with Gasteiger partial charge in [-0.2, -0.15) is 0 Å². The van der Waals surface area contributed by atoms with Crippen LogP contribution in [0, 0.1) is 6.92 Å². The van der Waals surface area contributed by atoms with Crippen LogP contribution in [0.5, 0.6) is 0 Å². The maximum absolute atomic E-state index is 12.5. The largest absolute Gasteiger partial charge is 0.351 e.